The van der Waals surface area contributed by atoms with Crippen LogP contribution in [0.5, 0.6) is 5.75 Å². The van der Waals surface area contributed by atoms with Crippen LogP contribution in [0.25, 0.3) is 0 Å². The monoisotopic (exact) mass is 387 g/mol. The Kier molecular flexibility index (Phi) is 6.22. The van der Waals surface area contributed by atoms with E-state index in [4.69, 9.17) is 16.3 Å². The van der Waals surface area contributed by atoms with Gasteiger partial charge in [0.25, 0.3) is 0 Å². The summed E-state index contributed by atoms with van der Waals surface area (Å²) in [7, 11) is -2.52. The van der Waals surface area contributed by atoms with Crippen molar-refractivity contribution in [1.82, 2.24) is 0 Å². The van der Waals surface area contributed by atoms with Gasteiger partial charge in [-0.25, -0.2) is 17.6 Å². The van der Waals surface area contributed by atoms with E-state index < -0.39 is 21.8 Å². The van der Waals surface area contributed by atoms with Crippen LogP contribution in [0, 0.1) is 5.82 Å². The zero-order valence-electron chi connectivity index (χ0n) is 13.2. The van der Waals surface area contributed by atoms with Crippen LogP contribution < -0.4 is 9.46 Å². The van der Waals surface area contributed by atoms with Gasteiger partial charge in [0.15, 0.2) is 0 Å². The largest absolute Gasteiger partial charge is 0.492 e. The van der Waals surface area contributed by atoms with Gasteiger partial charge in [-0.1, -0.05) is 11.6 Å². The average Bonchev–Trinajstić information content (AvgIpc) is 2.57. The van der Waals surface area contributed by atoms with Crippen LogP contribution in [0.3, 0.4) is 0 Å². The van der Waals surface area contributed by atoms with Crippen molar-refractivity contribution in [3.05, 3.63) is 58.9 Å². The Morgan fingerprint density at radius 1 is 1.20 bits per heavy atom. The first-order valence-corrected chi connectivity index (χ1v) is 9.10. The number of sulfonamides is 1. The predicted octanol–water partition coefficient (Wildman–Crippen LogP) is 3.09. The SMILES string of the molecule is COC(=O)c1cc(NS(=O)(=O)CCOc2ccc(F)cc2)ccc1Cl. The molecule has 0 amide bonds. The van der Waals surface area contributed by atoms with E-state index in [-0.39, 0.29) is 28.6 Å². The van der Waals surface area contributed by atoms with E-state index in [0.717, 1.165) is 0 Å². The number of ether oxygens (including phenoxy) is 2. The van der Waals surface area contributed by atoms with Crippen molar-refractivity contribution in [2.75, 3.05) is 24.2 Å². The average molecular weight is 388 g/mol. The first kappa shape index (κ1) is 19.0. The van der Waals surface area contributed by atoms with Crippen molar-refractivity contribution < 1.29 is 27.1 Å². The number of benzene rings is 2. The number of nitrogens with one attached hydrogen (secondary N) is 1. The number of hydrogen-bond donors (Lipinski definition) is 1. The first-order valence-electron chi connectivity index (χ1n) is 7.07. The lowest BCUT2D eigenvalue weighted by Crippen LogP contribution is -2.21. The Hall–Kier alpha value is -2.32. The third-order valence-corrected chi connectivity index (χ3v) is 4.66. The second-order valence-electron chi connectivity index (χ2n) is 4.91. The lowest BCUT2D eigenvalue weighted by Gasteiger charge is -2.11. The molecule has 1 N–H and O–H groups in total. The molecule has 0 aliphatic heterocycles. The highest BCUT2D eigenvalue weighted by molar-refractivity contribution is 7.92. The smallest absolute Gasteiger partial charge is 0.339 e. The fraction of sp³-hybridized carbons (Fsp3) is 0.188. The Balaban J connectivity index is 1.98. The summed E-state index contributed by atoms with van der Waals surface area (Å²) in [5, 5.41) is 0.148. The Labute approximate surface area is 149 Å². The molecule has 134 valence electrons. The third-order valence-electron chi connectivity index (χ3n) is 3.08. The molecule has 2 aromatic carbocycles. The van der Waals surface area contributed by atoms with Gasteiger partial charge in [-0.2, -0.15) is 0 Å². The molecule has 0 atom stereocenters. The Morgan fingerprint density at radius 2 is 1.88 bits per heavy atom. The van der Waals surface area contributed by atoms with E-state index >= 15 is 0 Å². The summed E-state index contributed by atoms with van der Waals surface area (Å²) < 4.78 is 49.1. The van der Waals surface area contributed by atoms with Crippen LogP contribution in [-0.2, 0) is 14.8 Å². The fourth-order valence-electron chi connectivity index (χ4n) is 1.89. The van der Waals surface area contributed by atoms with Crippen molar-refractivity contribution >= 4 is 33.3 Å². The minimum atomic E-state index is -3.72. The Morgan fingerprint density at radius 3 is 2.52 bits per heavy atom. The minimum absolute atomic E-state index is 0.0481. The molecule has 0 aromatic heterocycles. The van der Waals surface area contributed by atoms with Gasteiger partial charge < -0.3 is 9.47 Å². The number of hydrogen-bond acceptors (Lipinski definition) is 5. The van der Waals surface area contributed by atoms with Gasteiger partial charge in [-0.15, -0.1) is 0 Å². The number of methoxy groups -OCH3 is 1. The summed E-state index contributed by atoms with van der Waals surface area (Å²) in [5.74, 6) is -1.06. The van der Waals surface area contributed by atoms with Crippen LogP contribution in [-0.4, -0.2) is 33.9 Å². The molecule has 25 heavy (non-hydrogen) atoms. The summed E-state index contributed by atoms with van der Waals surface area (Å²) in [4.78, 5) is 11.6. The van der Waals surface area contributed by atoms with Gasteiger partial charge >= 0.3 is 5.97 Å². The standard InChI is InChI=1S/C16H15ClFNO5S/c1-23-16(20)14-10-12(4-7-15(14)17)19-25(21,22)9-8-24-13-5-2-11(18)3-6-13/h2-7,10,19H,8-9H2,1H3. The maximum Gasteiger partial charge on any atom is 0.339 e. The minimum Gasteiger partial charge on any atom is -0.492 e. The first-order chi connectivity index (χ1) is 11.8. The van der Waals surface area contributed by atoms with Gasteiger partial charge in [-0.05, 0) is 42.5 Å². The highest BCUT2D eigenvalue weighted by Gasteiger charge is 2.15. The molecule has 0 bridgehead atoms. The zero-order valence-corrected chi connectivity index (χ0v) is 14.7. The van der Waals surface area contributed by atoms with Crippen LogP contribution in [0.4, 0.5) is 10.1 Å². The molecule has 6 nitrogen and oxygen atoms in total. The van der Waals surface area contributed by atoms with E-state index in [1.54, 1.807) is 0 Å². The molecule has 0 saturated carbocycles. The molecule has 0 saturated heterocycles. The summed E-state index contributed by atoms with van der Waals surface area (Å²) in [6.45, 7) is -0.127. The highest BCUT2D eigenvalue weighted by Crippen LogP contribution is 2.22. The van der Waals surface area contributed by atoms with E-state index in [0.29, 0.717) is 5.75 Å². The fourth-order valence-corrected chi connectivity index (χ4v) is 2.97. The van der Waals surface area contributed by atoms with Gasteiger partial charge in [0.1, 0.15) is 23.9 Å². The molecule has 0 aliphatic rings. The molecular weight excluding hydrogens is 373 g/mol. The highest BCUT2D eigenvalue weighted by atomic mass is 35.5. The van der Waals surface area contributed by atoms with E-state index in [1.807, 2.05) is 0 Å². The van der Waals surface area contributed by atoms with Gasteiger partial charge in [0, 0.05) is 5.69 Å². The van der Waals surface area contributed by atoms with Gasteiger partial charge in [-0.3, -0.25) is 4.72 Å². The number of esters is 1. The molecule has 9 heteroatoms. The van der Waals surface area contributed by atoms with Gasteiger partial charge in [0.2, 0.25) is 10.0 Å². The van der Waals surface area contributed by atoms with Crippen LogP contribution in [0.2, 0.25) is 5.02 Å². The maximum absolute atomic E-state index is 12.8. The number of carbonyl (C=O) groups is 1. The number of halogens is 2. The lowest BCUT2D eigenvalue weighted by molar-refractivity contribution is 0.0601. The van der Waals surface area contributed by atoms with Crippen LogP contribution in [0.1, 0.15) is 10.4 Å². The molecule has 0 fully saturated rings. The lowest BCUT2D eigenvalue weighted by atomic mass is 10.2. The topological polar surface area (TPSA) is 81.7 Å². The predicted molar refractivity (Wildman–Crippen MR) is 92.1 cm³/mol. The molecule has 0 unspecified atom stereocenters. The second-order valence-corrected chi connectivity index (χ2v) is 7.16. The number of carbonyl (C=O) groups excluding carboxylic acids is 1. The van der Waals surface area contributed by atoms with Crippen LogP contribution >= 0.6 is 11.6 Å². The second kappa shape index (κ2) is 8.17. The summed E-state index contributed by atoms with van der Waals surface area (Å²) in [5.41, 5.74) is 0.221. The molecule has 2 aromatic rings. The van der Waals surface area contributed by atoms with Crippen molar-refractivity contribution in [3.63, 3.8) is 0 Å². The van der Waals surface area contributed by atoms with Crippen molar-refractivity contribution in [2.24, 2.45) is 0 Å². The van der Waals surface area contributed by atoms with E-state index in [1.165, 1.54) is 49.6 Å². The third kappa shape index (κ3) is 5.61. The van der Waals surface area contributed by atoms with Crippen molar-refractivity contribution in [1.29, 1.82) is 0 Å². The summed E-state index contributed by atoms with van der Waals surface area (Å²) in [6, 6.07) is 9.32. The maximum atomic E-state index is 12.8. The number of rotatable bonds is 7. The molecular formula is C16H15ClFNO5S. The quantitative estimate of drug-likeness (QED) is 0.738. The molecule has 0 heterocycles. The summed E-state index contributed by atoms with van der Waals surface area (Å²) in [6.07, 6.45) is 0. The van der Waals surface area contributed by atoms with Crippen LogP contribution in [0.15, 0.2) is 42.5 Å². The van der Waals surface area contributed by atoms with Crippen molar-refractivity contribution in [3.8, 4) is 5.75 Å². The summed E-state index contributed by atoms with van der Waals surface area (Å²) >= 11 is 5.88. The van der Waals surface area contributed by atoms with E-state index in [9.17, 15) is 17.6 Å². The Bertz CT molecular complexity index is 855. The number of anilines is 1. The molecule has 0 spiro atoms. The molecule has 2 rings (SSSR count). The van der Waals surface area contributed by atoms with E-state index in [2.05, 4.69) is 9.46 Å². The molecule has 0 radical (unpaired) electrons. The molecule has 0 aliphatic carbocycles. The zero-order chi connectivity index (χ0) is 18.4. The van der Waals surface area contributed by atoms with Crippen molar-refractivity contribution in [2.45, 2.75) is 0 Å². The normalized spacial score (nSPS) is 11.0. The van der Waals surface area contributed by atoms with Gasteiger partial charge in [0.05, 0.1) is 17.7 Å².